The lowest BCUT2D eigenvalue weighted by atomic mass is 10.1. The number of amides is 1. The Labute approximate surface area is 200 Å². The molecule has 0 aliphatic rings. The van der Waals surface area contributed by atoms with E-state index in [1.807, 2.05) is 36.4 Å². The number of halogens is 1. The van der Waals surface area contributed by atoms with Crippen LogP contribution in [0.1, 0.15) is 26.5 Å². The number of carbonyl (C=O) groups is 2. The first-order valence-corrected chi connectivity index (χ1v) is 11.4. The molecule has 1 aromatic heterocycles. The minimum atomic E-state index is -0.575. The van der Waals surface area contributed by atoms with E-state index in [9.17, 15) is 14.0 Å². The number of hydrogen-bond acceptors (Lipinski definition) is 6. The Morgan fingerprint density at radius 1 is 1.06 bits per heavy atom. The average Bonchev–Trinajstić information content (AvgIpc) is 3.25. The van der Waals surface area contributed by atoms with Crippen LogP contribution in [0.3, 0.4) is 0 Å². The quantitative estimate of drug-likeness (QED) is 0.339. The highest BCUT2D eigenvalue weighted by atomic mass is 32.1. The summed E-state index contributed by atoms with van der Waals surface area (Å²) < 4.78 is 25.2. The fraction of sp³-hybridized carbons (Fsp3) is 0.192. The van der Waals surface area contributed by atoms with Gasteiger partial charge in [0.25, 0.3) is 5.91 Å². The molecule has 0 aliphatic carbocycles. The summed E-state index contributed by atoms with van der Waals surface area (Å²) in [5.41, 5.74) is 2.70. The average molecular weight is 479 g/mol. The van der Waals surface area contributed by atoms with Crippen molar-refractivity contribution in [2.24, 2.45) is 0 Å². The molecule has 3 aromatic carbocycles. The van der Waals surface area contributed by atoms with Crippen molar-refractivity contribution in [3.8, 4) is 5.75 Å². The first kappa shape index (κ1) is 23.4. The molecular formula is C26H23FN2O4S. The van der Waals surface area contributed by atoms with E-state index in [0.717, 1.165) is 20.8 Å². The summed E-state index contributed by atoms with van der Waals surface area (Å²) in [6, 6.07) is 19.5. The van der Waals surface area contributed by atoms with Crippen molar-refractivity contribution in [3.05, 3.63) is 94.2 Å². The standard InChI is InChI=1S/C26H23FN2O4S/c1-29(15-17-11-12-22(32-2)20(27)13-17)25(30)16-33-26(31)19-8-4-3-7-18(19)14-24-28-21-9-5-6-10-23(21)34-24/h3-13H,14-16H2,1-2H3. The molecule has 0 N–H and O–H groups in total. The number of fused-ring (bicyclic) bond motifs is 1. The second kappa shape index (κ2) is 10.4. The van der Waals surface area contributed by atoms with Gasteiger partial charge in [0.15, 0.2) is 18.2 Å². The largest absolute Gasteiger partial charge is 0.494 e. The fourth-order valence-electron chi connectivity index (χ4n) is 3.52. The van der Waals surface area contributed by atoms with Gasteiger partial charge in [0.2, 0.25) is 0 Å². The Bertz CT molecular complexity index is 1300. The summed E-state index contributed by atoms with van der Waals surface area (Å²) >= 11 is 1.58. The van der Waals surface area contributed by atoms with Crippen LogP contribution in [0.2, 0.25) is 0 Å². The molecule has 4 rings (SSSR count). The van der Waals surface area contributed by atoms with E-state index in [0.29, 0.717) is 17.5 Å². The molecule has 0 atom stereocenters. The van der Waals surface area contributed by atoms with Crippen LogP contribution in [0.4, 0.5) is 4.39 Å². The van der Waals surface area contributed by atoms with Crippen LogP contribution in [0.5, 0.6) is 5.75 Å². The summed E-state index contributed by atoms with van der Waals surface area (Å²) in [5.74, 6) is -1.34. The first-order valence-electron chi connectivity index (χ1n) is 10.6. The Balaban J connectivity index is 1.38. The minimum absolute atomic E-state index is 0.135. The van der Waals surface area contributed by atoms with Crippen LogP contribution in [0.15, 0.2) is 66.7 Å². The molecule has 0 spiro atoms. The molecule has 34 heavy (non-hydrogen) atoms. The summed E-state index contributed by atoms with van der Waals surface area (Å²) in [5, 5.41) is 0.893. The maximum atomic E-state index is 13.9. The summed E-state index contributed by atoms with van der Waals surface area (Å²) in [6.07, 6.45) is 0.488. The first-order chi connectivity index (χ1) is 16.4. The smallest absolute Gasteiger partial charge is 0.338 e. The highest BCUT2D eigenvalue weighted by molar-refractivity contribution is 7.18. The van der Waals surface area contributed by atoms with Crippen molar-refractivity contribution >= 4 is 33.4 Å². The molecule has 0 fully saturated rings. The van der Waals surface area contributed by atoms with E-state index >= 15 is 0 Å². The Kier molecular flexibility index (Phi) is 7.18. The molecule has 4 aromatic rings. The van der Waals surface area contributed by atoms with Gasteiger partial charge >= 0.3 is 5.97 Å². The molecule has 8 heteroatoms. The van der Waals surface area contributed by atoms with Gasteiger partial charge in [-0.25, -0.2) is 14.2 Å². The molecule has 174 valence electrons. The molecule has 1 heterocycles. The zero-order valence-corrected chi connectivity index (χ0v) is 19.6. The van der Waals surface area contributed by atoms with E-state index in [1.165, 1.54) is 24.1 Å². The number of para-hydroxylation sites is 1. The molecule has 1 amide bonds. The van der Waals surface area contributed by atoms with Gasteiger partial charge in [0, 0.05) is 20.0 Å². The Morgan fingerprint density at radius 3 is 2.59 bits per heavy atom. The molecule has 0 saturated heterocycles. The number of rotatable bonds is 8. The van der Waals surface area contributed by atoms with Crippen LogP contribution in [-0.4, -0.2) is 42.5 Å². The summed E-state index contributed by atoms with van der Waals surface area (Å²) in [7, 11) is 2.96. The lowest BCUT2D eigenvalue weighted by Gasteiger charge is -2.18. The second-order valence-electron chi connectivity index (χ2n) is 7.70. The number of esters is 1. The molecule has 0 unspecified atom stereocenters. The van der Waals surface area contributed by atoms with Crippen LogP contribution in [0, 0.1) is 5.82 Å². The molecule has 0 radical (unpaired) electrons. The normalized spacial score (nSPS) is 10.8. The third-order valence-corrected chi connectivity index (χ3v) is 6.34. The third kappa shape index (κ3) is 5.40. The number of aromatic nitrogens is 1. The van der Waals surface area contributed by atoms with Gasteiger partial charge < -0.3 is 14.4 Å². The van der Waals surface area contributed by atoms with Crippen molar-refractivity contribution in [2.45, 2.75) is 13.0 Å². The van der Waals surface area contributed by atoms with Crippen LogP contribution in [-0.2, 0) is 22.5 Å². The van der Waals surface area contributed by atoms with Crippen molar-refractivity contribution in [3.63, 3.8) is 0 Å². The second-order valence-corrected chi connectivity index (χ2v) is 8.82. The summed E-state index contributed by atoms with van der Waals surface area (Å²) in [6.45, 7) is -0.241. The van der Waals surface area contributed by atoms with Gasteiger partial charge in [-0.15, -0.1) is 11.3 Å². The van der Waals surface area contributed by atoms with E-state index < -0.39 is 24.3 Å². The predicted molar refractivity (Wildman–Crippen MR) is 129 cm³/mol. The maximum absolute atomic E-state index is 13.9. The fourth-order valence-corrected chi connectivity index (χ4v) is 4.51. The molecule has 0 saturated carbocycles. The number of nitrogens with zero attached hydrogens (tertiary/aromatic N) is 2. The lowest BCUT2D eigenvalue weighted by Crippen LogP contribution is -2.31. The minimum Gasteiger partial charge on any atom is -0.494 e. The van der Waals surface area contributed by atoms with Gasteiger partial charge in [-0.2, -0.15) is 0 Å². The number of ether oxygens (including phenoxy) is 2. The zero-order chi connectivity index (χ0) is 24.1. The van der Waals surface area contributed by atoms with Gasteiger partial charge in [-0.1, -0.05) is 36.4 Å². The third-order valence-electron chi connectivity index (χ3n) is 5.31. The van der Waals surface area contributed by atoms with Gasteiger partial charge in [-0.3, -0.25) is 4.79 Å². The van der Waals surface area contributed by atoms with Crippen LogP contribution >= 0.6 is 11.3 Å². The van der Waals surface area contributed by atoms with E-state index in [4.69, 9.17) is 9.47 Å². The highest BCUT2D eigenvalue weighted by Gasteiger charge is 2.18. The van der Waals surface area contributed by atoms with Gasteiger partial charge in [-0.05, 0) is 41.5 Å². The SMILES string of the molecule is COc1ccc(CN(C)C(=O)COC(=O)c2ccccc2Cc2nc3ccccc3s2)cc1F. The number of hydrogen-bond donors (Lipinski definition) is 0. The molecule has 0 aliphatic heterocycles. The maximum Gasteiger partial charge on any atom is 0.338 e. The number of methoxy groups -OCH3 is 1. The number of benzene rings is 3. The zero-order valence-electron chi connectivity index (χ0n) is 18.8. The van der Waals surface area contributed by atoms with Crippen LogP contribution in [0.25, 0.3) is 10.2 Å². The van der Waals surface area contributed by atoms with E-state index in [-0.39, 0.29) is 12.3 Å². The summed E-state index contributed by atoms with van der Waals surface area (Å²) in [4.78, 5) is 31.3. The topological polar surface area (TPSA) is 68.7 Å². The highest BCUT2D eigenvalue weighted by Crippen LogP contribution is 2.25. The van der Waals surface area contributed by atoms with Gasteiger partial charge in [0.05, 0.1) is 27.9 Å². The Morgan fingerprint density at radius 2 is 1.82 bits per heavy atom. The van der Waals surface area contributed by atoms with Gasteiger partial charge in [0.1, 0.15) is 0 Å². The van der Waals surface area contributed by atoms with Crippen LogP contribution < -0.4 is 4.74 Å². The number of likely N-dealkylation sites (N-methyl/N-ethyl adjacent to an activating group) is 1. The van der Waals surface area contributed by atoms with E-state index in [1.54, 1.807) is 36.6 Å². The monoisotopic (exact) mass is 478 g/mol. The van der Waals surface area contributed by atoms with E-state index in [2.05, 4.69) is 4.98 Å². The van der Waals surface area contributed by atoms with Crippen molar-refractivity contribution in [1.82, 2.24) is 9.88 Å². The Hall–Kier alpha value is -3.78. The number of thiazole rings is 1. The molecule has 0 bridgehead atoms. The molecular weight excluding hydrogens is 455 g/mol. The lowest BCUT2D eigenvalue weighted by molar-refractivity contribution is -0.133. The molecule has 6 nitrogen and oxygen atoms in total. The predicted octanol–water partition coefficient (Wildman–Crippen LogP) is 4.85. The number of carbonyl (C=O) groups excluding carboxylic acids is 2. The van der Waals surface area contributed by atoms with Crippen molar-refractivity contribution in [1.29, 1.82) is 0 Å². The van der Waals surface area contributed by atoms with Crippen molar-refractivity contribution in [2.75, 3.05) is 20.8 Å². The van der Waals surface area contributed by atoms with Crippen molar-refractivity contribution < 1.29 is 23.5 Å².